The Kier molecular flexibility index (Phi) is 7.49. The van der Waals surface area contributed by atoms with E-state index in [0.717, 1.165) is 24.0 Å². The third-order valence-electron chi connectivity index (χ3n) is 6.14. The second kappa shape index (κ2) is 10.5. The Morgan fingerprint density at radius 3 is 2.44 bits per heavy atom. The Morgan fingerprint density at radius 1 is 1.09 bits per heavy atom. The number of carbonyl (C=O) groups excluding carboxylic acids is 2. The van der Waals surface area contributed by atoms with Crippen LogP contribution in [0.2, 0.25) is 5.02 Å². The number of hydrogen-bond acceptors (Lipinski definition) is 4. The summed E-state index contributed by atoms with van der Waals surface area (Å²) in [6, 6.07) is 14.6. The molecule has 2 aromatic carbocycles. The molecule has 176 valence electrons. The lowest BCUT2D eigenvalue weighted by molar-refractivity contribution is -0.133. The van der Waals surface area contributed by atoms with E-state index in [2.05, 4.69) is 6.92 Å². The fourth-order valence-corrected chi connectivity index (χ4v) is 5.22. The number of benzene rings is 2. The molecule has 0 unspecified atom stereocenters. The molecular formula is C27H27ClN2O3S. The quantitative estimate of drug-likeness (QED) is 0.509. The monoisotopic (exact) mass is 494 g/mol. The van der Waals surface area contributed by atoms with Crippen LogP contribution in [0.5, 0.6) is 0 Å². The van der Waals surface area contributed by atoms with E-state index in [1.165, 1.54) is 22.0 Å². The van der Waals surface area contributed by atoms with Gasteiger partial charge in [0.25, 0.3) is 5.56 Å². The standard InChI is InChI=1S/C27H27ClN2O3S/c1-18-7-9-20(10-8-18)15-24-27(33)30(17-25(32)29-13-11-19(2)12-14-29)26(34-24)16-23(31)21-5-3-4-6-22(21)28/h3-10,15-16,19H,11-14,17H2,1-2H3/b24-15+,26-16-. The van der Waals surface area contributed by atoms with E-state index < -0.39 is 0 Å². The number of aromatic nitrogens is 1. The fourth-order valence-electron chi connectivity index (χ4n) is 3.95. The van der Waals surface area contributed by atoms with Gasteiger partial charge in [0.2, 0.25) is 5.91 Å². The number of carbonyl (C=O) groups is 2. The number of thiazole rings is 1. The van der Waals surface area contributed by atoms with Gasteiger partial charge in [-0.15, -0.1) is 11.3 Å². The largest absolute Gasteiger partial charge is 0.341 e. The molecular weight excluding hydrogens is 468 g/mol. The molecule has 4 rings (SSSR count). The molecule has 1 amide bonds. The summed E-state index contributed by atoms with van der Waals surface area (Å²) < 4.78 is 2.33. The first kappa shape index (κ1) is 24.2. The zero-order valence-corrected chi connectivity index (χ0v) is 20.9. The normalized spacial score (nSPS) is 15.7. The molecule has 5 nitrogen and oxygen atoms in total. The van der Waals surface area contributed by atoms with Crippen molar-refractivity contribution in [2.75, 3.05) is 13.1 Å². The minimum absolute atomic E-state index is 0.0902. The van der Waals surface area contributed by atoms with Crippen molar-refractivity contribution in [3.63, 3.8) is 0 Å². The Morgan fingerprint density at radius 2 is 1.76 bits per heavy atom. The van der Waals surface area contributed by atoms with Gasteiger partial charge in [-0.2, -0.15) is 0 Å². The zero-order valence-electron chi connectivity index (χ0n) is 19.3. The maximum absolute atomic E-state index is 13.3. The van der Waals surface area contributed by atoms with Crippen molar-refractivity contribution in [3.8, 4) is 0 Å². The maximum atomic E-state index is 13.3. The minimum atomic E-state index is -0.304. The maximum Gasteiger partial charge on any atom is 0.269 e. The Bertz CT molecular complexity index is 1380. The van der Waals surface area contributed by atoms with Crippen LogP contribution in [0.15, 0.2) is 53.3 Å². The number of hydrogen-bond donors (Lipinski definition) is 0. The molecule has 7 heteroatoms. The minimum Gasteiger partial charge on any atom is -0.341 e. The van der Waals surface area contributed by atoms with Crippen LogP contribution < -0.4 is 14.8 Å². The van der Waals surface area contributed by atoms with Crippen molar-refractivity contribution < 1.29 is 9.59 Å². The van der Waals surface area contributed by atoms with Crippen molar-refractivity contribution in [2.45, 2.75) is 33.2 Å². The molecule has 2 heterocycles. The van der Waals surface area contributed by atoms with E-state index in [1.54, 1.807) is 30.3 Å². The average Bonchev–Trinajstić information content (AvgIpc) is 3.10. The van der Waals surface area contributed by atoms with E-state index in [0.29, 0.717) is 38.8 Å². The molecule has 0 aliphatic carbocycles. The number of rotatable bonds is 5. The summed E-state index contributed by atoms with van der Waals surface area (Å²) in [6.07, 6.45) is 5.13. The van der Waals surface area contributed by atoms with Gasteiger partial charge in [0.15, 0.2) is 5.78 Å². The van der Waals surface area contributed by atoms with E-state index in [-0.39, 0.29) is 23.8 Å². The molecule has 0 N–H and O–H groups in total. The lowest BCUT2D eigenvalue weighted by Crippen LogP contribution is -2.43. The molecule has 0 atom stereocenters. The number of piperidine rings is 1. The number of aryl methyl sites for hydroxylation is 1. The molecule has 0 spiro atoms. The van der Waals surface area contributed by atoms with Gasteiger partial charge < -0.3 is 4.90 Å². The number of Topliss-reactive ketones (excluding diaryl/α,β-unsaturated/α-hetero) is 1. The van der Waals surface area contributed by atoms with Crippen molar-refractivity contribution in [3.05, 3.63) is 89.8 Å². The highest BCUT2D eigenvalue weighted by Crippen LogP contribution is 2.17. The van der Waals surface area contributed by atoms with Crippen LogP contribution in [0.4, 0.5) is 0 Å². The molecule has 0 bridgehead atoms. The number of ketones is 1. The van der Waals surface area contributed by atoms with Crippen LogP contribution >= 0.6 is 22.9 Å². The van der Waals surface area contributed by atoms with Gasteiger partial charge in [-0.3, -0.25) is 19.0 Å². The van der Waals surface area contributed by atoms with Crippen LogP contribution in [0.3, 0.4) is 0 Å². The van der Waals surface area contributed by atoms with Gasteiger partial charge in [0.1, 0.15) is 11.2 Å². The molecule has 0 saturated carbocycles. The second-order valence-electron chi connectivity index (χ2n) is 8.80. The summed E-state index contributed by atoms with van der Waals surface area (Å²) in [5, 5.41) is 0.346. The molecule has 3 aromatic rings. The van der Waals surface area contributed by atoms with Gasteiger partial charge in [-0.05, 0) is 49.5 Å². The van der Waals surface area contributed by atoms with E-state index in [4.69, 9.17) is 11.6 Å². The predicted molar refractivity (Wildman–Crippen MR) is 138 cm³/mol. The Balaban J connectivity index is 1.76. The molecule has 1 fully saturated rings. The van der Waals surface area contributed by atoms with Crippen molar-refractivity contribution in [1.82, 2.24) is 9.47 Å². The number of nitrogens with zero attached hydrogens (tertiary/aromatic N) is 2. The molecule has 0 radical (unpaired) electrons. The first-order valence-corrected chi connectivity index (χ1v) is 12.6. The van der Waals surface area contributed by atoms with Crippen molar-refractivity contribution in [2.24, 2.45) is 5.92 Å². The Hall–Kier alpha value is -2.96. The van der Waals surface area contributed by atoms with Crippen LogP contribution in [0.1, 0.15) is 41.3 Å². The molecule has 1 aliphatic rings. The number of amides is 1. The van der Waals surface area contributed by atoms with E-state index in [9.17, 15) is 14.4 Å². The smallest absolute Gasteiger partial charge is 0.269 e. The topological polar surface area (TPSA) is 59.4 Å². The van der Waals surface area contributed by atoms with Crippen LogP contribution in [0.25, 0.3) is 12.2 Å². The SMILES string of the molecule is Cc1ccc(/C=c2/s/c(=C\C(=O)c3ccccc3Cl)n(CC(=O)N3CCC(C)CC3)c2=O)cc1. The number of likely N-dealkylation sites (tertiary alicyclic amines) is 1. The van der Waals surface area contributed by atoms with Crippen LogP contribution in [-0.2, 0) is 11.3 Å². The van der Waals surface area contributed by atoms with Crippen LogP contribution in [-0.4, -0.2) is 34.2 Å². The van der Waals surface area contributed by atoms with E-state index in [1.807, 2.05) is 36.1 Å². The van der Waals surface area contributed by atoms with Gasteiger partial charge in [0, 0.05) is 24.7 Å². The molecule has 1 aliphatic heterocycles. The molecule has 1 saturated heterocycles. The Labute approximate surface area is 207 Å². The predicted octanol–water partition coefficient (Wildman–Crippen LogP) is 3.62. The van der Waals surface area contributed by atoms with E-state index >= 15 is 0 Å². The highest BCUT2D eigenvalue weighted by atomic mass is 35.5. The lowest BCUT2D eigenvalue weighted by Gasteiger charge is -2.30. The number of halogens is 1. The highest BCUT2D eigenvalue weighted by Gasteiger charge is 2.21. The fraction of sp³-hybridized carbons (Fsp3) is 0.296. The first-order chi connectivity index (χ1) is 16.3. The van der Waals surface area contributed by atoms with Gasteiger partial charge in [-0.25, -0.2) is 0 Å². The van der Waals surface area contributed by atoms with Crippen molar-refractivity contribution >= 4 is 46.8 Å². The lowest BCUT2D eigenvalue weighted by atomic mass is 9.99. The molecule has 34 heavy (non-hydrogen) atoms. The summed E-state index contributed by atoms with van der Waals surface area (Å²) in [7, 11) is 0. The summed E-state index contributed by atoms with van der Waals surface area (Å²) >= 11 is 7.41. The van der Waals surface area contributed by atoms with Gasteiger partial charge in [-0.1, -0.05) is 60.5 Å². The first-order valence-electron chi connectivity index (χ1n) is 11.4. The van der Waals surface area contributed by atoms with Gasteiger partial charge in [0.05, 0.1) is 9.55 Å². The second-order valence-corrected chi connectivity index (χ2v) is 10.3. The highest BCUT2D eigenvalue weighted by molar-refractivity contribution is 7.07. The van der Waals surface area contributed by atoms with Crippen LogP contribution in [0, 0.1) is 12.8 Å². The third-order valence-corrected chi connectivity index (χ3v) is 7.52. The summed E-state index contributed by atoms with van der Waals surface area (Å²) in [5.74, 6) is 0.191. The van der Waals surface area contributed by atoms with Crippen molar-refractivity contribution in [1.29, 1.82) is 0 Å². The molecule has 1 aromatic heterocycles. The summed E-state index contributed by atoms with van der Waals surface area (Å²) in [6.45, 7) is 5.48. The average molecular weight is 495 g/mol. The summed E-state index contributed by atoms with van der Waals surface area (Å²) in [5.41, 5.74) is 2.09. The van der Waals surface area contributed by atoms with Gasteiger partial charge >= 0.3 is 0 Å². The third kappa shape index (κ3) is 5.57. The summed E-state index contributed by atoms with van der Waals surface area (Å²) in [4.78, 5) is 41.2. The zero-order chi connectivity index (χ0) is 24.2.